The van der Waals surface area contributed by atoms with Gasteiger partial charge in [-0.15, -0.1) is 0 Å². The van der Waals surface area contributed by atoms with E-state index in [9.17, 15) is 0 Å². The minimum atomic E-state index is 0.573. The van der Waals surface area contributed by atoms with Crippen LogP contribution in [0.3, 0.4) is 0 Å². The number of aromatic nitrogens is 2. The van der Waals surface area contributed by atoms with Gasteiger partial charge in [-0.05, 0) is 45.1 Å². The van der Waals surface area contributed by atoms with Crippen molar-refractivity contribution in [2.45, 2.75) is 52.1 Å². The van der Waals surface area contributed by atoms with Crippen LogP contribution < -0.4 is 5.32 Å². The molecule has 3 unspecified atom stereocenters. The van der Waals surface area contributed by atoms with Crippen molar-refractivity contribution >= 4 is 0 Å². The first-order valence-corrected chi connectivity index (χ1v) is 6.80. The molecule has 1 fully saturated rings. The molecule has 3 nitrogen and oxygen atoms in total. The number of aryl methyl sites for hydroxylation is 1. The van der Waals surface area contributed by atoms with Crippen LogP contribution in [0.4, 0.5) is 0 Å². The summed E-state index contributed by atoms with van der Waals surface area (Å²) in [5.74, 6) is 2.78. The average molecular weight is 235 g/mol. The standard InChI is InChI=1S/C14H25N3/c1-10(2)12-5-6-13(15-4)14(9-12)17-8-7-16-11(17)3/h7-8,10,12-15H,5-6,9H2,1-4H3. The summed E-state index contributed by atoms with van der Waals surface area (Å²) in [7, 11) is 2.08. The van der Waals surface area contributed by atoms with E-state index < -0.39 is 0 Å². The van der Waals surface area contributed by atoms with E-state index in [1.807, 2.05) is 6.20 Å². The molecular formula is C14H25N3. The van der Waals surface area contributed by atoms with E-state index in [2.05, 4.69) is 48.9 Å². The first-order chi connectivity index (χ1) is 8.13. The van der Waals surface area contributed by atoms with Crippen molar-refractivity contribution in [2.75, 3.05) is 7.05 Å². The van der Waals surface area contributed by atoms with Crippen molar-refractivity contribution in [3.8, 4) is 0 Å². The largest absolute Gasteiger partial charge is 0.331 e. The summed E-state index contributed by atoms with van der Waals surface area (Å²) in [5, 5.41) is 3.48. The van der Waals surface area contributed by atoms with E-state index in [0.29, 0.717) is 12.1 Å². The van der Waals surface area contributed by atoms with E-state index in [-0.39, 0.29) is 0 Å². The van der Waals surface area contributed by atoms with Gasteiger partial charge in [0.1, 0.15) is 5.82 Å². The second kappa shape index (κ2) is 5.21. The van der Waals surface area contributed by atoms with Gasteiger partial charge in [0.15, 0.2) is 0 Å². The molecule has 3 heteroatoms. The van der Waals surface area contributed by atoms with Gasteiger partial charge >= 0.3 is 0 Å². The molecule has 0 aromatic carbocycles. The topological polar surface area (TPSA) is 29.9 Å². The summed E-state index contributed by atoms with van der Waals surface area (Å²) >= 11 is 0. The van der Waals surface area contributed by atoms with Crippen molar-refractivity contribution in [3.63, 3.8) is 0 Å². The normalized spacial score (nSPS) is 29.8. The molecular weight excluding hydrogens is 210 g/mol. The fourth-order valence-electron chi connectivity index (χ4n) is 3.17. The molecule has 1 N–H and O–H groups in total. The number of hydrogen-bond donors (Lipinski definition) is 1. The van der Waals surface area contributed by atoms with Crippen LogP contribution in [-0.4, -0.2) is 22.6 Å². The predicted molar refractivity (Wildman–Crippen MR) is 71.0 cm³/mol. The van der Waals surface area contributed by atoms with E-state index >= 15 is 0 Å². The van der Waals surface area contributed by atoms with E-state index in [0.717, 1.165) is 17.7 Å². The fraction of sp³-hybridized carbons (Fsp3) is 0.786. The van der Waals surface area contributed by atoms with E-state index in [1.165, 1.54) is 19.3 Å². The van der Waals surface area contributed by atoms with Crippen molar-refractivity contribution in [3.05, 3.63) is 18.2 Å². The van der Waals surface area contributed by atoms with Gasteiger partial charge in [0.05, 0.1) is 6.04 Å². The van der Waals surface area contributed by atoms with Crippen LogP contribution in [0.15, 0.2) is 12.4 Å². The molecule has 0 bridgehead atoms. The van der Waals surface area contributed by atoms with Crippen LogP contribution in [0, 0.1) is 18.8 Å². The molecule has 0 aliphatic heterocycles. The lowest BCUT2D eigenvalue weighted by atomic mass is 9.77. The predicted octanol–water partition coefficient (Wildman–Crippen LogP) is 2.78. The fourth-order valence-corrected chi connectivity index (χ4v) is 3.17. The Hall–Kier alpha value is -0.830. The molecule has 1 aliphatic rings. The Morgan fingerprint density at radius 3 is 2.71 bits per heavy atom. The summed E-state index contributed by atoms with van der Waals surface area (Å²) in [5.41, 5.74) is 0. The van der Waals surface area contributed by atoms with Crippen LogP contribution in [0.25, 0.3) is 0 Å². The molecule has 3 atom stereocenters. The number of likely N-dealkylation sites (N-methyl/N-ethyl adjacent to an activating group) is 1. The maximum Gasteiger partial charge on any atom is 0.105 e. The molecule has 2 rings (SSSR count). The summed E-state index contributed by atoms with van der Waals surface area (Å²) < 4.78 is 2.36. The van der Waals surface area contributed by atoms with Crippen LogP contribution in [-0.2, 0) is 0 Å². The molecule has 17 heavy (non-hydrogen) atoms. The Bertz CT molecular complexity index is 356. The number of imidazole rings is 1. The third-order valence-electron chi connectivity index (χ3n) is 4.39. The smallest absolute Gasteiger partial charge is 0.105 e. The summed E-state index contributed by atoms with van der Waals surface area (Å²) in [6.45, 7) is 6.80. The molecule has 96 valence electrons. The van der Waals surface area contributed by atoms with E-state index in [4.69, 9.17) is 0 Å². The van der Waals surface area contributed by atoms with Gasteiger partial charge in [0.2, 0.25) is 0 Å². The third-order valence-corrected chi connectivity index (χ3v) is 4.39. The molecule has 0 saturated heterocycles. The second-order valence-corrected chi connectivity index (χ2v) is 5.66. The van der Waals surface area contributed by atoms with Crippen LogP contribution in [0.1, 0.15) is 45.0 Å². The number of rotatable bonds is 3. The Morgan fingerprint density at radius 1 is 1.41 bits per heavy atom. The van der Waals surface area contributed by atoms with Gasteiger partial charge < -0.3 is 9.88 Å². The highest BCUT2D eigenvalue weighted by Gasteiger charge is 2.32. The first kappa shape index (κ1) is 12.6. The quantitative estimate of drug-likeness (QED) is 0.873. The highest BCUT2D eigenvalue weighted by Crippen LogP contribution is 2.36. The van der Waals surface area contributed by atoms with Crippen LogP contribution >= 0.6 is 0 Å². The molecule has 1 aliphatic carbocycles. The summed E-state index contributed by atoms with van der Waals surface area (Å²) in [6, 6.07) is 1.17. The SMILES string of the molecule is CNC1CCC(C(C)C)CC1n1ccnc1C. The Balaban J connectivity index is 2.18. The van der Waals surface area contributed by atoms with Gasteiger partial charge in [-0.3, -0.25) is 0 Å². The lowest BCUT2D eigenvalue weighted by Gasteiger charge is -2.38. The van der Waals surface area contributed by atoms with E-state index in [1.54, 1.807) is 0 Å². The molecule has 1 saturated carbocycles. The van der Waals surface area contributed by atoms with Crippen molar-refractivity contribution < 1.29 is 0 Å². The molecule has 1 heterocycles. The molecule has 1 aromatic heterocycles. The minimum absolute atomic E-state index is 0.573. The first-order valence-electron chi connectivity index (χ1n) is 6.80. The number of nitrogens with zero attached hydrogens (tertiary/aromatic N) is 2. The number of hydrogen-bond acceptors (Lipinski definition) is 2. The summed E-state index contributed by atoms with van der Waals surface area (Å²) in [4.78, 5) is 4.37. The summed E-state index contributed by atoms with van der Waals surface area (Å²) in [6.07, 6.45) is 7.96. The lowest BCUT2D eigenvalue weighted by molar-refractivity contribution is 0.175. The van der Waals surface area contributed by atoms with Gasteiger partial charge in [0, 0.05) is 18.4 Å². The monoisotopic (exact) mass is 235 g/mol. The van der Waals surface area contributed by atoms with Gasteiger partial charge in [-0.2, -0.15) is 0 Å². The number of nitrogens with one attached hydrogen (secondary N) is 1. The maximum absolute atomic E-state index is 4.37. The maximum atomic E-state index is 4.37. The molecule has 1 aromatic rings. The average Bonchev–Trinajstić information content (AvgIpc) is 2.74. The Morgan fingerprint density at radius 2 is 2.18 bits per heavy atom. The highest BCUT2D eigenvalue weighted by molar-refractivity contribution is 4.98. The second-order valence-electron chi connectivity index (χ2n) is 5.66. The lowest BCUT2D eigenvalue weighted by Crippen LogP contribution is -2.41. The molecule has 0 radical (unpaired) electrons. The van der Waals surface area contributed by atoms with Crippen molar-refractivity contribution in [2.24, 2.45) is 11.8 Å². The third kappa shape index (κ3) is 2.54. The van der Waals surface area contributed by atoms with Gasteiger partial charge in [0.25, 0.3) is 0 Å². The molecule has 0 spiro atoms. The zero-order valence-corrected chi connectivity index (χ0v) is 11.5. The Kier molecular flexibility index (Phi) is 3.87. The van der Waals surface area contributed by atoms with Gasteiger partial charge in [-0.25, -0.2) is 4.98 Å². The minimum Gasteiger partial charge on any atom is -0.331 e. The van der Waals surface area contributed by atoms with Crippen molar-refractivity contribution in [1.29, 1.82) is 0 Å². The van der Waals surface area contributed by atoms with Crippen LogP contribution in [0.2, 0.25) is 0 Å². The molecule has 0 amide bonds. The Labute approximate surface area is 105 Å². The van der Waals surface area contributed by atoms with Gasteiger partial charge in [-0.1, -0.05) is 13.8 Å². The van der Waals surface area contributed by atoms with Crippen molar-refractivity contribution in [1.82, 2.24) is 14.9 Å². The zero-order chi connectivity index (χ0) is 12.4. The highest BCUT2D eigenvalue weighted by atomic mass is 15.1. The van der Waals surface area contributed by atoms with Crippen LogP contribution in [0.5, 0.6) is 0 Å². The zero-order valence-electron chi connectivity index (χ0n) is 11.5.